The van der Waals surface area contributed by atoms with Gasteiger partial charge in [-0.05, 0) is 12.1 Å². The Kier molecular flexibility index (Phi) is 4.56. The molecule has 0 unspecified atom stereocenters. The van der Waals surface area contributed by atoms with E-state index in [0.29, 0.717) is 28.0 Å². The number of nitrogens with two attached hydrogens (primary N) is 1. The predicted molar refractivity (Wildman–Crippen MR) is 66.5 cm³/mol. The summed E-state index contributed by atoms with van der Waals surface area (Å²) < 4.78 is 1.55. The van der Waals surface area contributed by atoms with Crippen LogP contribution < -0.4 is 5.73 Å². The van der Waals surface area contributed by atoms with Crippen molar-refractivity contribution in [3.63, 3.8) is 0 Å². The fraction of sp³-hybridized carbons (Fsp3) is 0.111. The Morgan fingerprint density at radius 2 is 2.06 bits per heavy atom. The zero-order valence-electron chi connectivity index (χ0n) is 8.10. The van der Waals surface area contributed by atoms with Crippen LogP contribution in [0.5, 0.6) is 0 Å². The first-order valence-corrected chi connectivity index (χ1v) is 5.03. The molecule has 0 aliphatic carbocycles. The molecular formula is C9H9Cl3N4. The molecule has 0 bridgehead atoms. The van der Waals surface area contributed by atoms with Crippen LogP contribution in [0.2, 0.25) is 10.0 Å². The van der Waals surface area contributed by atoms with Gasteiger partial charge < -0.3 is 5.73 Å². The Bertz CT molecular complexity index is 483. The maximum Gasteiger partial charge on any atom is 0.0967 e. The lowest BCUT2D eigenvalue weighted by molar-refractivity contribution is 0.797. The molecule has 0 fully saturated rings. The number of hydrogen-bond acceptors (Lipinski definition) is 3. The summed E-state index contributed by atoms with van der Waals surface area (Å²) in [6.07, 6.45) is 1.72. The Hall–Kier alpha value is -0.810. The van der Waals surface area contributed by atoms with E-state index in [9.17, 15) is 0 Å². The summed E-state index contributed by atoms with van der Waals surface area (Å²) in [7, 11) is 0. The molecule has 1 aromatic carbocycles. The molecule has 0 atom stereocenters. The molecule has 2 rings (SSSR count). The van der Waals surface area contributed by atoms with Crippen molar-refractivity contribution in [3.8, 4) is 5.69 Å². The van der Waals surface area contributed by atoms with Crippen LogP contribution in [0.3, 0.4) is 0 Å². The fourth-order valence-corrected chi connectivity index (χ4v) is 1.56. The van der Waals surface area contributed by atoms with Gasteiger partial charge in [-0.3, -0.25) is 0 Å². The highest BCUT2D eigenvalue weighted by Gasteiger charge is 2.08. The van der Waals surface area contributed by atoms with Gasteiger partial charge in [-0.1, -0.05) is 34.5 Å². The summed E-state index contributed by atoms with van der Waals surface area (Å²) in [5.41, 5.74) is 6.83. The van der Waals surface area contributed by atoms with E-state index in [4.69, 9.17) is 28.9 Å². The van der Waals surface area contributed by atoms with Gasteiger partial charge in [-0.2, -0.15) is 0 Å². The van der Waals surface area contributed by atoms with Gasteiger partial charge in [0.2, 0.25) is 0 Å². The summed E-state index contributed by atoms with van der Waals surface area (Å²) in [5.74, 6) is 0. The minimum atomic E-state index is 0. The Morgan fingerprint density at radius 1 is 1.31 bits per heavy atom. The molecule has 0 aliphatic heterocycles. The van der Waals surface area contributed by atoms with Crippen molar-refractivity contribution in [1.29, 1.82) is 0 Å². The van der Waals surface area contributed by atoms with Gasteiger partial charge in [0, 0.05) is 6.54 Å². The molecule has 0 saturated heterocycles. The van der Waals surface area contributed by atoms with Crippen LogP contribution in [0.1, 0.15) is 5.69 Å². The summed E-state index contributed by atoms with van der Waals surface area (Å²) in [4.78, 5) is 0. The molecule has 16 heavy (non-hydrogen) atoms. The van der Waals surface area contributed by atoms with Gasteiger partial charge in [0.15, 0.2) is 0 Å². The van der Waals surface area contributed by atoms with Crippen molar-refractivity contribution in [2.24, 2.45) is 5.73 Å². The lowest BCUT2D eigenvalue weighted by atomic mass is 10.3. The average molecular weight is 280 g/mol. The average Bonchev–Trinajstić information content (AvgIpc) is 2.70. The van der Waals surface area contributed by atoms with Crippen LogP contribution in [0.15, 0.2) is 24.4 Å². The minimum Gasteiger partial charge on any atom is -0.325 e. The molecule has 4 nitrogen and oxygen atoms in total. The molecule has 1 aromatic heterocycles. The van der Waals surface area contributed by atoms with Crippen molar-refractivity contribution in [1.82, 2.24) is 15.0 Å². The zero-order valence-corrected chi connectivity index (χ0v) is 10.4. The smallest absolute Gasteiger partial charge is 0.0967 e. The fourth-order valence-electron chi connectivity index (χ4n) is 1.18. The number of benzene rings is 1. The second kappa shape index (κ2) is 5.50. The van der Waals surface area contributed by atoms with Crippen LogP contribution in [-0.4, -0.2) is 15.0 Å². The Morgan fingerprint density at radius 3 is 2.69 bits per heavy atom. The van der Waals surface area contributed by atoms with Gasteiger partial charge in [-0.15, -0.1) is 17.5 Å². The van der Waals surface area contributed by atoms with Crippen molar-refractivity contribution < 1.29 is 0 Å². The molecular weight excluding hydrogens is 270 g/mol. The highest BCUT2D eigenvalue weighted by molar-refractivity contribution is 6.43. The van der Waals surface area contributed by atoms with Crippen LogP contribution in [0, 0.1) is 0 Å². The minimum absolute atomic E-state index is 0. The molecule has 2 N–H and O–H groups in total. The first-order valence-electron chi connectivity index (χ1n) is 4.28. The van der Waals surface area contributed by atoms with Gasteiger partial charge in [0.1, 0.15) is 0 Å². The molecule has 7 heteroatoms. The molecule has 86 valence electrons. The zero-order chi connectivity index (χ0) is 10.8. The second-order valence-corrected chi connectivity index (χ2v) is 3.72. The van der Waals surface area contributed by atoms with Gasteiger partial charge in [-0.25, -0.2) is 4.68 Å². The van der Waals surface area contributed by atoms with Crippen molar-refractivity contribution in [3.05, 3.63) is 40.1 Å². The van der Waals surface area contributed by atoms with Crippen molar-refractivity contribution in [2.75, 3.05) is 0 Å². The van der Waals surface area contributed by atoms with E-state index in [0.717, 1.165) is 0 Å². The van der Waals surface area contributed by atoms with E-state index in [1.54, 1.807) is 23.0 Å². The van der Waals surface area contributed by atoms with E-state index in [-0.39, 0.29) is 12.4 Å². The maximum atomic E-state index is 6.03. The van der Waals surface area contributed by atoms with E-state index in [1.165, 1.54) is 0 Å². The lowest BCUT2D eigenvalue weighted by Gasteiger charge is -2.03. The van der Waals surface area contributed by atoms with Crippen LogP contribution in [-0.2, 0) is 6.54 Å². The highest BCUT2D eigenvalue weighted by atomic mass is 35.5. The third kappa shape index (κ3) is 2.47. The number of aromatic nitrogens is 3. The van der Waals surface area contributed by atoms with E-state index in [2.05, 4.69) is 10.3 Å². The quantitative estimate of drug-likeness (QED) is 0.918. The topological polar surface area (TPSA) is 56.7 Å². The van der Waals surface area contributed by atoms with Gasteiger partial charge in [0.25, 0.3) is 0 Å². The summed E-state index contributed by atoms with van der Waals surface area (Å²) in [6.45, 7) is 0.345. The standard InChI is InChI=1S/C9H8Cl2N4.ClH/c10-7-2-1-3-8(9(7)11)15-5-6(4-12)13-14-15;/h1-3,5H,4,12H2;1H. The summed E-state index contributed by atoms with van der Waals surface area (Å²) in [6, 6.07) is 5.32. The molecule has 1 heterocycles. The van der Waals surface area contributed by atoms with Crippen LogP contribution >= 0.6 is 35.6 Å². The summed E-state index contributed by atoms with van der Waals surface area (Å²) >= 11 is 11.9. The molecule has 0 amide bonds. The summed E-state index contributed by atoms with van der Waals surface area (Å²) in [5, 5.41) is 8.71. The molecule has 0 aliphatic rings. The van der Waals surface area contributed by atoms with E-state index in [1.807, 2.05) is 6.07 Å². The predicted octanol–water partition coefficient (Wildman–Crippen LogP) is 2.45. The van der Waals surface area contributed by atoms with Crippen LogP contribution in [0.4, 0.5) is 0 Å². The second-order valence-electron chi connectivity index (χ2n) is 2.93. The molecule has 2 aromatic rings. The van der Waals surface area contributed by atoms with Gasteiger partial charge in [0.05, 0.1) is 27.6 Å². The molecule has 0 saturated carbocycles. The highest BCUT2D eigenvalue weighted by Crippen LogP contribution is 2.27. The van der Waals surface area contributed by atoms with E-state index >= 15 is 0 Å². The van der Waals surface area contributed by atoms with Gasteiger partial charge >= 0.3 is 0 Å². The monoisotopic (exact) mass is 278 g/mol. The van der Waals surface area contributed by atoms with Crippen molar-refractivity contribution >= 4 is 35.6 Å². The largest absolute Gasteiger partial charge is 0.325 e. The maximum absolute atomic E-state index is 6.03. The van der Waals surface area contributed by atoms with Crippen LogP contribution in [0.25, 0.3) is 5.69 Å². The SMILES string of the molecule is Cl.NCc1cn(-c2cccc(Cl)c2Cl)nn1. The third-order valence-corrected chi connectivity index (χ3v) is 2.74. The normalized spacial score (nSPS) is 9.94. The van der Waals surface area contributed by atoms with E-state index < -0.39 is 0 Å². The number of rotatable bonds is 2. The number of halogens is 3. The first kappa shape index (κ1) is 13.3. The molecule has 0 spiro atoms. The van der Waals surface area contributed by atoms with Crippen molar-refractivity contribution in [2.45, 2.75) is 6.54 Å². The molecule has 0 radical (unpaired) electrons. The third-order valence-electron chi connectivity index (χ3n) is 1.93. The number of hydrogen-bond donors (Lipinski definition) is 1. The Labute approximate surface area is 109 Å². The number of nitrogens with zero attached hydrogens (tertiary/aromatic N) is 3. The first-order chi connectivity index (χ1) is 7.22. The lowest BCUT2D eigenvalue weighted by Crippen LogP contribution is -1.96. The Balaban J connectivity index is 0.00000128.